The predicted molar refractivity (Wildman–Crippen MR) is 164 cm³/mol. The van der Waals surface area contributed by atoms with E-state index < -0.39 is 24.1 Å². The highest BCUT2D eigenvalue weighted by atomic mass is 19.4. The van der Waals surface area contributed by atoms with Gasteiger partial charge in [-0.15, -0.1) is 0 Å². The molecule has 0 aliphatic carbocycles. The Morgan fingerprint density at radius 3 is 2.35 bits per heavy atom. The number of aliphatic carboxylic acids is 1. The summed E-state index contributed by atoms with van der Waals surface area (Å²) in [7, 11) is 1.71. The Bertz CT molecular complexity index is 1630. The summed E-state index contributed by atoms with van der Waals surface area (Å²) in [5, 5.41) is 12.9. The molecule has 0 radical (unpaired) electrons. The summed E-state index contributed by atoms with van der Waals surface area (Å²) in [4.78, 5) is 55.9. The van der Waals surface area contributed by atoms with Crippen LogP contribution in [0.25, 0.3) is 22.2 Å². The zero-order valence-electron chi connectivity index (χ0n) is 25.6. The van der Waals surface area contributed by atoms with Crippen LogP contribution < -0.4 is 21.2 Å². The number of alkyl halides is 3. The van der Waals surface area contributed by atoms with Gasteiger partial charge in [-0.3, -0.25) is 24.0 Å². The van der Waals surface area contributed by atoms with Crippen molar-refractivity contribution < 1.29 is 32.7 Å². The molecule has 6 rings (SSSR count). The Labute approximate surface area is 263 Å². The van der Waals surface area contributed by atoms with Crippen molar-refractivity contribution in [1.82, 2.24) is 29.7 Å². The van der Waals surface area contributed by atoms with Gasteiger partial charge in [0.1, 0.15) is 11.9 Å². The molecule has 3 aromatic rings. The highest BCUT2D eigenvalue weighted by Gasteiger charge is 2.38. The van der Waals surface area contributed by atoms with Crippen molar-refractivity contribution in [2.75, 3.05) is 50.7 Å². The summed E-state index contributed by atoms with van der Waals surface area (Å²) in [5.74, 6) is -1.66. The van der Waals surface area contributed by atoms with Crippen molar-refractivity contribution >= 4 is 34.6 Å². The van der Waals surface area contributed by atoms with Crippen molar-refractivity contribution in [3.8, 4) is 11.1 Å². The number of benzene rings is 1. The number of hydrogen-bond donors (Lipinski definition) is 3. The number of carboxylic acid groups (broad SMARTS) is 1. The van der Waals surface area contributed by atoms with E-state index in [1.807, 2.05) is 24.4 Å². The number of rotatable bonds is 5. The lowest BCUT2D eigenvalue weighted by molar-refractivity contribution is -0.192. The molecular formula is C31H38F3N7O5. The van der Waals surface area contributed by atoms with Crippen LogP contribution in [0.4, 0.5) is 19.0 Å². The Hall–Kier alpha value is -4.24. The molecule has 0 saturated carbocycles. The second-order valence-electron chi connectivity index (χ2n) is 11.9. The van der Waals surface area contributed by atoms with Gasteiger partial charge in [-0.25, -0.2) is 14.6 Å². The first-order chi connectivity index (χ1) is 21.9. The quantitative estimate of drug-likeness (QED) is 0.357. The van der Waals surface area contributed by atoms with Crippen LogP contribution in [0.1, 0.15) is 38.1 Å². The molecule has 3 saturated heterocycles. The molecule has 5 heterocycles. The smallest absolute Gasteiger partial charge is 0.475 e. The minimum absolute atomic E-state index is 0.225. The van der Waals surface area contributed by atoms with Gasteiger partial charge in [0.05, 0.1) is 11.0 Å². The van der Waals surface area contributed by atoms with Crippen molar-refractivity contribution in [1.29, 1.82) is 0 Å². The van der Waals surface area contributed by atoms with Crippen LogP contribution in [0.2, 0.25) is 0 Å². The number of imide groups is 1. The number of nitrogens with zero attached hydrogens (tertiary/aromatic N) is 5. The number of imidazole rings is 1. The molecule has 1 atom stereocenters. The molecule has 2 aromatic heterocycles. The van der Waals surface area contributed by atoms with E-state index in [9.17, 15) is 27.6 Å². The Morgan fingerprint density at radius 2 is 1.70 bits per heavy atom. The van der Waals surface area contributed by atoms with Crippen LogP contribution in [0.3, 0.4) is 0 Å². The third kappa shape index (κ3) is 7.58. The first kappa shape index (κ1) is 33.1. The molecule has 3 N–H and O–H groups in total. The molecule has 248 valence electrons. The lowest BCUT2D eigenvalue weighted by Gasteiger charge is -2.29. The normalized spacial score (nSPS) is 20.2. The molecular weight excluding hydrogens is 607 g/mol. The van der Waals surface area contributed by atoms with Crippen LogP contribution in [0.5, 0.6) is 0 Å². The van der Waals surface area contributed by atoms with Gasteiger partial charge >= 0.3 is 17.8 Å². The summed E-state index contributed by atoms with van der Waals surface area (Å²) in [6.07, 6.45) is 1.08. The summed E-state index contributed by atoms with van der Waals surface area (Å²) in [6, 6.07) is 9.32. The molecule has 12 nitrogen and oxygen atoms in total. The number of carboxylic acids is 1. The Morgan fingerprint density at radius 1 is 0.978 bits per heavy atom. The highest BCUT2D eigenvalue weighted by Crippen LogP contribution is 2.28. The third-order valence-electron chi connectivity index (χ3n) is 8.82. The maximum atomic E-state index is 13.1. The number of aromatic nitrogens is 3. The molecule has 2 amide bonds. The molecule has 46 heavy (non-hydrogen) atoms. The number of piperidine rings is 2. The number of nitrogens with one attached hydrogen (secondary N) is 2. The van der Waals surface area contributed by atoms with Gasteiger partial charge in [-0.2, -0.15) is 13.2 Å². The maximum absolute atomic E-state index is 13.1. The van der Waals surface area contributed by atoms with Crippen LogP contribution >= 0.6 is 0 Å². The highest BCUT2D eigenvalue weighted by molar-refractivity contribution is 6.00. The van der Waals surface area contributed by atoms with E-state index in [1.165, 1.54) is 24.0 Å². The van der Waals surface area contributed by atoms with Crippen molar-refractivity contribution in [3.63, 3.8) is 0 Å². The lowest BCUT2D eigenvalue weighted by Crippen LogP contribution is -2.44. The van der Waals surface area contributed by atoms with Crippen molar-refractivity contribution in [2.45, 2.75) is 44.3 Å². The predicted octanol–water partition coefficient (Wildman–Crippen LogP) is 2.52. The topological polar surface area (TPSA) is 142 Å². The number of halogens is 3. The van der Waals surface area contributed by atoms with E-state index in [2.05, 4.69) is 32.6 Å². The largest absolute Gasteiger partial charge is 0.490 e. The monoisotopic (exact) mass is 645 g/mol. The summed E-state index contributed by atoms with van der Waals surface area (Å²) in [6.45, 7) is 7.72. The van der Waals surface area contributed by atoms with Crippen LogP contribution in [-0.2, 0) is 21.4 Å². The number of aryl methyl sites for hydroxylation is 1. The van der Waals surface area contributed by atoms with Gasteiger partial charge in [0.15, 0.2) is 0 Å². The van der Waals surface area contributed by atoms with Gasteiger partial charge in [0.2, 0.25) is 11.8 Å². The number of fused-ring (bicyclic) bond motifs is 1. The van der Waals surface area contributed by atoms with E-state index in [0.717, 1.165) is 74.1 Å². The van der Waals surface area contributed by atoms with E-state index in [0.29, 0.717) is 11.9 Å². The molecule has 0 spiro atoms. The van der Waals surface area contributed by atoms with Crippen LogP contribution in [-0.4, -0.2) is 93.9 Å². The molecule has 15 heteroatoms. The van der Waals surface area contributed by atoms with E-state index in [-0.39, 0.29) is 18.0 Å². The standard InChI is InChI=1S/C29H37N7O3.C2HF3O2/c1-33-25-17-21(3-5-23(25)36(29(33)39)24-6-8-27(37)32-28(24)38)22-4-7-26(31-18-22)35-14-2-13-34(15-16-35)19-20-9-11-30-12-10-20;3-2(4,5)1(6)7/h3-5,7,17-18,20,24,30H,2,6,8-16,19H2,1H3,(H,32,37,38);(H,6,7). The number of hydrogen-bond acceptors (Lipinski definition) is 8. The number of carbonyl (C=O) groups excluding carboxylic acids is 2. The molecule has 1 aromatic carbocycles. The number of amides is 2. The number of anilines is 1. The van der Waals surface area contributed by atoms with Crippen molar-refractivity contribution in [3.05, 3.63) is 47.0 Å². The average Bonchev–Trinajstić information content (AvgIpc) is 3.15. The van der Waals surface area contributed by atoms with Gasteiger partial charge < -0.3 is 20.2 Å². The van der Waals surface area contributed by atoms with Crippen LogP contribution in [0.15, 0.2) is 41.3 Å². The molecule has 1 unspecified atom stereocenters. The third-order valence-corrected chi connectivity index (χ3v) is 8.82. The molecule has 0 bridgehead atoms. The first-order valence-corrected chi connectivity index (χ1v) is 15.4. The minimum atomic E-state index is -5.08. The van der Waals surface area contributed by atoms with Gasteiger partial charge in [0.25, 0.3) is 0 Å². The van der Waals surface area contributed by atoms with Gasteiger partial charge in [-0.05, 0) is 81.1 Å². The Kier molecular flexibility index (Phi) is 10.1. The molecule has 3 aliphatic rings. The summed E-state index contributed by atoms with van der Waals surface area (Å²) >= 11 is 0. The van der Waals surface area contributed by atoms with E-state index in [1.54, 1.807) is 11.6 Å². The summed E-state index contributed by atoms with van der Waals surface area (Å²) < 4.78 is 34.8. The second-order valence-corrected chi connectivity index (χ2v) is 11.9. The zero-order valence-corrected chi connectivity index (χ0v) is 25.6. The SMILES string of the molecule is Cn1c(=O)n(C2CCC(=O)NC2=O)c2ccc(-c3ccc(N4CCCN(CC5CCNCC5)CC4)nc3)cc21.O=C(O)C(F)(F)F. The van der Waals surface area contributed by atoms with E-state index in [4.69, 9.17) is 14.9 Å². The fraction of sp³-hybridized carbons (Fsp3) is 0.516. The molecule has 3 fully saturated rings. The van der Waals surface area contributed by atoms with Gasteiger partial charge in [0, 0.05) is 51.4 Å². The van der Waals surface area contributed by atoms with E-state index >= 15 is 0 Å². The molecule has 3 aliphatic heterocycles. The second kappa shape index (κ2) is 14.0. The first-order valence-electron chi connectivity index (χ1n) is 15.4. The van der Waals surface area contributed by atoms with Gasteiger partial charge in [-0.1, -0.05) is 6.07 Å². The Balaban J connectivity index is 0.000000537. The fourth-order valence-corrected chi connectivity index (χ4v) is 6.33. The number of carbonyl (C=O) groups is 3. The zero-order chi connectivity index (χ0) is 33.0. The lowest BCUT2D eigenvalue weighted by atomic mass is 9.97. The van der Waals surface area contributed by atoms with Crippen molar-refractivity contribution in [2.24, 2.45) is 13.0 Å². The average molecular weight is 646 g/mol. The van der Waals surface area contributed by atoms with Crippen LogP contribution in [0, 0.1) is 5.92 Å². The fourth-order valence-electron chi connectivity index (χ4n) is 6.33. The summed E-state index contributed by atoms with van der Waals surface area (Å²) in [5.41, 5.74) is 3.10. The minimum Gasteiger partial charge on any atom is -0.475 e. The number of pyridine rings is 1. The maximum Gasteiger partial charge on any atom is 0.490 e.